The van der Waals surface area contributed by atoms with E-state index in [0.29, 0.717) is 0 Å². The maximum absolute atomic E-state index is 11.8. The van der Waals surface area contributed by atoms with E-state index in [-0.39, 0.29) is 10.2 Å². The minimum absolute atomic E-state index is 0.120. The van der Waals surface area contributed by atoms with Crippen LogP contribution in [-0.2, 0) is 22.2 Å². The van der Waals surface area contributed by atoms with Crippen molar-refractivity contribution in [2.24, 2.45) is 0 Å². The molecular formula is C11H13CoNO5. The summed E-state index contributed by atoms with van der Waals surface area (Å²) < 4.78 is 17.0. The van der Waals surface area contributed by atoms with Crippen LogP contribution >= 0.6 is 0 Å². The number of hydrogen-bond donors (Lipinski definition) is 0. The molecule has 0 aromatic heterocycles. The fourth-order valence-corrected chi connectivity index (χ4v) is 2.14. The molecule has 0 unspecified atom stereocenters. The van der Waals surface area contributed by atoms with Gasteiger partial charge in [-0.05, 0) is 0 Å². The van der Waals surface area contributed by atoms with Crippen LogP contribution in [0.5, 0.6) is 0 Å². The molecule has 0 saturated carbocycles. The van der Waals surface area contributed by atoms with Gasteiger partial charge in [-0.1, -0.05) is 0 Å². The van der Waals surface area contributed by atoms with E-state index in [2.05, 4.69) is 0 Å². The average Bonchev–Trinajstić information content (AvgIpc) is 2.26. The number of nitro benzene ring substituents is 1. The molecule has 18 heavy (non-hydrogen) atoms. The molecule has 0 fully saturated rings. The number of benzene rings is 1. The van der Waals surface area contributed by atoms with Gasteiger partial charge in [0.2, 0.25) is 0 Å². The van der Waals surface area contributed by atoms with Gasteiger partial charge >= 0.3 is 108 Å². The summed E-state index contributed by atoms with van der Waals surface area (Å²) in [5, 5.41) is 10.4. The Morgan fingerprint density at radius 3 is 2.17 bits per heavy atom. The van der Waals surface area contributed by atoms with Crippen LogP contribution in [0.1, 0.15) is 20.8 Å². The van der Waals surface area contributed by atoms with Crippen molar-refractivity contribution in [2.75, 3.05) is 0 Å². The number of nitrogens with zero attached hydrogens (tertiary/aromatic N) is 1. The first-order valence-electron chi connectivity index (χ1n) is 4.99. The molecule has 0 bridgehead atoms. The number of non-ortho nitro benzene ring substituents is 1. The molecule has 0 atom stereocenters. The van der Waals surface area contributed by atoms with Crippen LogP contribution in [0.25, 0.3) is 0 Å². The second-order valence-electron chi connectivity index (χ2n) is 4.36. The average molecular weight is 298 g/mol. The molecule has 0 N–H and O–H groups in total. The zero-order valence-electron chi connectivity index (χ0n) is 10.1. The summed E-state index contributed by atoms with van der Waals surface area (Å²) in [5.41, 5.74) is -0.839. The molecule has 0 spiro atoms. The maximum atomic E-state index is 11.8. The number of ether oxygens (including phenoxy) is 1. The summed E-state index contributed by atoms with van der Waals surface area (Å²) in [6, 6.07) is 4.98. The zero-order chi connectivity index (χ0) is 13.9. The van der Waals surface area contributed by atoms with Gasteiger partial charge in [-0.2, -0.15) is 0 Å². The van der Waals surface area contributed by atoms with E-state index in [1.165, 1.54) is 24.3 Å². The fraction of sp³-hybridized carbons (Fsp3) is 0.364. The van der Waals surface area contributed by atoms with Crippen molar-refractivity contribution in [1.29, 1.82) is 0 Å². The number of carbonyl (C=O) groups is 1. The molecule has 1 rings (SSSR count). The summed E-state index contributed by atoms with van der Waals surface area (Å²) >= 11 is -2.34. The van der Waals surface area contributed by atoms with Gasteiger partial charge < -0.3 is 0 Å². The van der Waals surface area contributed by atoms with E-state index in [4.69, 9.17) is 4.74 Å². The van der Waals surface area contributed by atoms with E-state index < -0.39 is 29.0 Å². The van der Waals surface area contributed by atoms with Crippen molar-refractivity contribution in [3.8, 4) is 0 Å². The number of nitro groups is 1. The van der Waals surface area contributed by atoms with Crippen LogP contribution in [0.15, 0.2) is 24.3 Å². The normalized spacial score (nSPS) is 11.8. The van der Waals surface area contributed by atoms with E-state index in [1.54, 1.807) is 20.8 Å². The Balaban J connectivity index is 2.85. The Kier molecular flexibility index (Phi) is 4.31. The Labute approximate surface area is 108 Å². The third kappa shape index (κ3) is 4.01. The third-order valence-electron chi connectivity index (χ3n) is 1.70. The van der Waals surface area contributed by atoms with E-state index >= 15 is 0 Å². The van der Waals surface area contributed by atoms with Crippen LogP contribution < -0.4 is 4.50 Å². The van der Waals surface area contributed by atoms with Crippen LogP contribution in [0.2, 0.25) is 0 Å². The predicted octanol–water partition coefficient (Wildman–Crippen LogP) is 2.12. The first-order chi connectivity index (χ1) is 8.20. The summed E-state index contributed by atoms with van der Waals surface area (Å²) in [6.45, 7) is 5.01. The van der Waals surface area contributed by atoms with Gasteiger partial charge in [0, 0.05) is 0 Å². The van der Waals surface area contributed by atoms with Crippen molar-refractivity contribution in [2.45, 2.75) is 26.4 Å². The van der Waals surface area contributed by atoms with Crippen molar-refractivity contribution < 1.29 is 31.9 Å². The molecule has 1 aromatic rings. The molecular weight excluding hydrogens is 285 g/mol. The summed E-state index contributed by atoms with van der Waals surface area (Å²) in [7, 11) is 0. The van der Waals surface area contributed by atoms with Crippen molar-refractivity contribution in [3.05, 3.63) is 34.4 Å². The zero-order valence-corrected chi connectivity index (χ0v) is 11.2. The Morgan fingerprint density at radius 2 is 1.78 bits per heavy atom. The van der Waals surface area contributed by atoms with Gasteiger partial charge in [-0.3, -0.25) is 0 Å². The van der Waals surface area contributed by atoms with Gasteiger partial charge in [0.25, 0.3) is 0 Å². The molecule has 0 aliphatic carbocycles. The topological polar surface area (TPSA) is 86.5 Å². The molecule has 6 nitrogen and oxygen atoms in total. The minimum atomic E-state index is -2.34. The standard InChI is InChI=1S/C6H4NO2.C5H9O2.Co.O/c8-7(9)6-4-2-1-3-5-6;1-5(2,3)7-4-6;;/h2-5H;1-3H3;;. The SMILES string of the molecule is CC(C)(C)O[C](=O)[Co](=[O])[c]1ccc([N+](=O)[O-])cc1. The molecule has 101 valence electrons. The quantitative estimate of drug-likeness (QED) is 0.630. The number of hydrogen-bond acceptors (Lipinski definition) is 5. The van der Waals surface area contributed by atoms with Crippen molar-refractivity contribution in [1.82, 2.24) is 0 Å². The Morgan fingerprint density at radius 1 is 1.28 bits per heavy atom. The van der Waals surface area contributed by atoms with E-state index in [9.17, 15) is 18.8 Å². The molecule has 0 heterocycles. The molecule has 1 aromatic carbocycles. The summed E-state index contributed by atoms with van der Waals surface area (Å²) in [6.07, 6.45) is 0. The summed E-state index contributed by atoms with van der Waals surface area (Å²) in [4.78, 5) is 20.6. The van der Waals surface area contributed by atoms with Gasteiger partial charge in [-0.15, -0.1) is 0 Å². The predicted molar refractivity (Wildman–Crippen MR) is 59.7 cm³/mol. The second-order valence-corrected chi connectivity index (χ2v) is 6.07. The Bertz CT molecular complexity index is 489. The van der Waals surface area contributed by atoms with Crippen LogP contribution in [0.3, 0.4) is 0 Å². The summed E-state index contributed by atoms with van der Waals surface area (Å²) in [5.74, 6) is 0. The monoisotopic (exact) mass is 298 g/mol. The molecule has 0 amide bonds. The van der Waals surface area contributed by atoms with Crippen LogP contribution in [0, 0.1) is 10.1 Å². The van der Waals surface area contributed by atoms with Gasteiger partial charge in [-0.25, -0.2) is 0 Å². The first kappa shape index (κ1) is 14.5. The number of rotatable bonds is 3. The van der Waals surface area contributed by atoms with Crippen molar-refractivity contribution in [3.63, 3.8) is 0 Å². The van der Waals surface area contributed by atoms with E-state index in [1.807, 2.05) is 0 Å². The van der Waals surface area contributed by atoms with Crippen molar-refractivity contribution >= 4 is 15.1 Å². The van der Waals surface area contributed by atoms with E-state index in [0.717, 1.165) is 0 Å². The fourth-order valence-electron chi connectivity index (χ4n) is 0.993. The second kappa shape index (κ2) is 5.36. The molecule has 0 aliphatic heterocycles. The molecule has 0 aliphatic rings. The van der Waals surface area contributed by atoms with Gasteiger partial charge in [0.15, 0.2) is 0 Å². The van der Waals surface area contributed by atoms with Gasteiger partial charge in [0.1, 0.15) is 0 Å². The molecule has 0 saturated heterocycles. The van der Waals surface area contributed by atoms with Crippen LogP contribution in [0.4, 0.5) is 10.5 Å². The van der Waals surface area contributed by atoms with Crippen LogP contribution in [-0.4, -0.2) is 15.4 Å². The number of carbonyl (C=O) groups excluding carboxylic acids is 1. The molecule has 0 radical (unpaired) electrons. The molecule has 7 heteroatoms. The van der Waals surface area contributed by atoms with Gasteiger partial charge in [0.05, 0.1) is 0 Å². The Hall–Kier alpha value is -1.60. The third-order valence-corrected chi connectivity index (χ3v) is 3.09. The first-order valence-corrected chi connectivity index (χ1v) is 6.46.